The molecule has 0 N–H and O–H groups in total. The number of hydrogen-bond acceptors (Lipinski definition) is 3. The van der Waals surface area contributed by atoms with E-state index < -0.39 is 5.92 Å². The molecule has 1 heterocycles. The summed E-state index contributed by atoms with van der Waals surface area (Å²) in [6, 6.07) is 6.27. The van der Waals surface area contributed by atoms with Crippen LogP contribution < -0.4 is 0 Å². The third kappa shape index (κ3) is 2.36. The topological polar surface area (TPSA) is 42.9 Å². The highest BCUT2D eigenvalue weighted by Gasteiger charge is 2.20. The highest BCUT2D eigenvalue weighted by atomic mass is 19.1. The van der Waals surface area contributed by atoms with Crippen LogP contribution in [0.3, 0.4) is 0 Å². The van der Waals surface area contributed by atoms with Crippen LogP contribution in [-0.4, -0.2) is 15.8 Å². The Balaban J connectivity index is 2.30. The SMILES string of the molecule is CC(C(=O)c1cncnc1)c1ccccc1F. The molecular weight excluding hydrogens is 219 g/mol. The molecule has 0 aliphatic carbocycles. The van der Waals surface area contributed by atoms with Crippen molar-refractivity contribution in [2.24, 2.45) is 0 Å². The molecular formula is C13H11FN2O. The van der Waals surface area contributed by atoms with Crippen molar-refractivity contribution in [3.63, 3.8) is 0 Å². The minimum Gasteiger partial charge on any atom is -0.293 e. The molecule has 1 aromatic carbocycles. The first-order valence-corrected chi connectivity index (χ1v) is 5.24. The zero-order chi connectivity index (χ0) is 12.3. The number of hydrogen-bond donors (Lipinski definition) is 0. The summed E-state index contributed by atoms with van der Waals surface area (Å²) < 4.78 is 13.5. The van der Waals surface area contributed by atoms with Gasteiger partial charge in [0.15, 0.2) is 5.78 Å². The van der Waals surface area contributed by atoms with E-state index in [-0.39, 0.29) is 11.6 Å². The molecule has 1 atom stereocenters. The molecule has 0 aliphatic heterocycles. The van der Waals surface area contributed by atoms with Gasteiger partial charge in [0, 0.05) is 18.3 Å². The Morgan fingerprint density at radius 1 is 1.24 bits per heavy atom. The number of carbonyl (C=O) groups is 1. The van der Waals surface area contributed by atoms with E-state index in [2.05, 4.69) is 9.97 Å². The van der Waals surface area contributed by atoms with Gasteiger partial charge in [0.2, 0.25) is 0 Å². The maximum absolute atomic E-state index is 13.5. The molecule has 0 amide bonds. The van der Waals surface area contributed by atoms with E-state index in [0.29, 0.717) is 11.1 Å². The molecule has 0 fully saturated rings. The van der Waals surface area contributed by atoms with Crippen LogP contribution in [0.4, 0.5) is 4.39 Å². The molecule has 86 valence electrons. The number of benzene rings is 1. The number of nitrogens with zero attached hydrogens (tertiary/aromatic N) is 2. The minimum atomic E-state index is -0.540. The summed E-state index contributed by atoms with van der Waals surface area (Å²) in [6.45, 7) is 1.67. The second kappa shape index (κ2) is 4.82. The van der Waals surface area contributed by atoms with Crippen molar-refractivity contribution in [2.75, 3.05) is 0 Å². The highest BCUT2D eigenvalue weighted by Crippen LogP contribution is 2.22. The normalized spacial score (nSPS) is 12.1. The second-order valence-electron chi connectivity index (χ2n) is 3.73. The lowest BCUT2D eigenvalue weighted by molar-refractivity contribution is 0.0963. The first-order valence-electron chi connectivity index (χ1n) is 5.24. The summed E-state index contributed by atoms with van der Waals surface area (Å²) >= 11 is 0. The number of ketones is 1. The fourth-order valence-electron chi connectivity index (χ4n) is 1.64. The molecule has 0 bridgehead atoms. The fraction of sp³-hybridized carbons (Fsp3) is 0.154. The van der Waals surface area contributed by atoms with Gasteiger partial charge in [-0.25, -0.2) is 14.4 Å². The van der Waals surface area contributed by atoms with Crippen LogP contribution in [0.25, 0.3) is 0 Å². The molecule has 17 heavy (non-hydrogen) atoms. The molecule has 0 radical (unpaired) electrons. The van der Waals surface area contributed by atoms with Crippen LogP contribution in [0.15, 0.2) is 43.0 Å². The van der Waals surface area contributed by atoms with Gasteiger partial charge in [-0.1, -0.05) is 25.1 Å². The predicted octanol–water partition coefficient (Wildman–Crippen LogP) is 2.60. The lowest BCUT2D eigenvalue weighted by atomic mass is 9.93. The van der Waals surface area contributed by atoms with Gasteiger partial charge in [0.25, 0.3) is 0 Å². The summed E-state index contributed by atoms with van der Waals surface area (Å²) in [7, 11) is 0. The standard InChI is InChI=1S/C13H11FN2O/c1-9(11-4-2-3-5-12(11)14)13(17)10-6-15-8-16-7-10/h2-9H,1H3. The molecule has 0 saturated heterocycles. The minimum absolute atomic E-state index is 0.185. The van der Waals surface area contributed by atoms with Gasteiger partial charge in [0.1, 0.15) is 12.1 Å². The van der Waals surface area contributed by atoms with Crippen LogP contribution in [0, 0.1) is 5.82 Å². The molecule has 2 rings (SSSR count). The van der Waals surface area contributed by atoms with Crippen molar-refractivity contribution in [1.29, 1.82) is 0 Å². The van der Waals surface area contributed by atoms with Gasteiger partial charge in [-0.05, 0) is 11.6 Å². The lowest BCUT2D eigenvalue weighted by Gasteiger charge is -2.11. The summed E-state index contributed by atoms with van der Waals surface area (Å²) in [5, 5.41) is 0. The smallest absolute Gasteiger partial charge is 0.173 e. The largest absolute Gasteiger partial charge is 0.293 e. The van der Waals surface area contributed by atoms with E-state index >= 15 is 0 Å². The highest BCUT2D eigenvalue weighted by molar-refractivity contribution is 6.00. The molecule has 2 aromatic rings. The van der Waals surface area contributed by atoms with Crippen LogP contribution in [-0.2, 0) is 0 Å². The number of Topliss-reactive ketones (excluding diaryl/α,β-unsaturated/α-hetero) is 1. The van der Waals surface area contributed by atoms with E-state index in [9.17, 15) is 9.18 Å². The van der Waals surface area contributed by atoms with E-state index in [1.807, 2.05) is 0 Å². The number of rotatable bonds is 3. The van der Waals surface area contributed by atoms with E-state index in [1.54, 1.807) is 25.1 Å². The Bertz CT molecular complexity index is 528. The number of aromatic nitrogens is 2. The van der Waals surface area contributed by atoms with E-state index in [4.69, 9.17) is 0 Å². The average Bonchev–Trinajstić information content (AvgIpc) is 2.39. The first-order chi connectivity index (χ1) is 8.20. The Morgan fingerprint density at radius 2 is 1.88 bits per heavy atom. The summed E-state index contributed by atoms with van der Waals surface area (Å²) in [4.78, 5) is 19.6. The molecule has 1 unspecified atom stereocenters. The van der Waals surface area contributed by atoms with Gasteiger partial charge in [-0.3, -0.25) is 4.79 Å². The van der Waals surface area contributed by atoms with Crippen molar-refractivity contribution in [3.8, 4) is 0 Å². The summed E-state index contributed by atoms with van der Waals surface area (Å²) in [6.07, 6.45) is 4.23. The molecule has 3 nitrogen and oxygen atoms in total. The Hall–Kier alpha value is -2.10. The monoisotopic (exact) mass is 230 g/mol. The third-order valence-electron chi connectivity index (χ3n) is 2.61. The molecule has 4 heteroatoms. The first kappa shape index (κ1) is 11.4. The Labute approximate surface area is 98.3 Å². The summed E-state index contributed by atoms with van der Waals surface area (Å²) in [5.74, 6) is -1.09. The quantitative estimate of drug-likeness (QED) is 0.761. The van der Waals surface area contributed by atoms with Gasteiger partial charge in [0.05, 0.1) is 5.56 Å². The van der Waals surface area contributed by atoms with Crippen LogP contribution >= 0.6 is 0 Å². The summed E-state index contributed by atoms with van der Waals surface area (Å²) in [5.41, 5.74) is 0.782. The Morgan fingerprint density at radius 3 is 2.53 bits per heavy atom. The van der Waals surface area contributed by atoms with Crippen molar-refractivity contribution < 1.29 is 9.18 Å². The molecule has 0 saturated carbocycles. The molecule has 0 spiro atoms. The zero-order valence-corrected chi connectivity index (χ0v) is 9.30. The van der Waals surface area contributed by atoms with Crippen LogP contribution in [0.1, 0.15) is 28.8 Å². The maximum atomic E-state index is 13.5. The average molecular weight is 230 g/mol. The Kier molecular flexibility index (Phi) is 3.23. The lowest BCUT2D eigenvalue weighted by Crippen LogP contribution is -2.11. The van der Waals surface area contributed by atoms with Gasteiger partial charge in [-0.15, -0.1) is 0 Å². The van der Waals surface area contributed by atoms with Gasteiger partial charge in [-0.2, -0.15) is 0 Å². The zero-order valence-electron chi connectivity index (χ0n) is 9.30. The van der Waals surface area contributed by atoms with Crippen molar-refractivity contribution in [1.82, 2.24) is 9.97 Å². The third-order valence-corrected chi connectivity index (χ3v) is 2.61. The second-order valence-corrected chi connectivity index (χ2v) is 3.73. The number of halogens is 1. The fourth-order valence-corrected chi connectivity index (χ4v) is 1.64. The van der Waals surface area contributed by atoms with E-state index in [1.165, 1.54) is 24.8 Å². The molecule has 0 aliphatic rings. The van der Waals surface area contributed by atoms with Crippen molar-refractivity contribution >= 4 is 5.78 Å². The maximum Gasteiger partial charge on any atom is 0.173 e. The van der Waals surface area contributed by atoms with Crippen LogP contribution in [0.5, 0.6) is 0 Å². The van der Waals surface area contributed by atoms with Crippen LogP contribution in [0.2, 0.25) is 0 Å². The predicted molar refractivity (Wildman–Crippen MR) is 61.2 cm³/mol. The number of carbonyl (C=O) groups excluding carboxylic acids is 1. The molecule has 1 aromatic heterocycles. The van der Waals surface area contributed by atoms with E-state index in [0.717, 1.165) is 0 Å². The van der Waals surface area contributed by atoms with Gasteiger partial charge >= 0.3 is 0 Å². The van der Waals surface area contributed by atoms with Crippen molar-refractivity contribution in [2.45, 2.75) is 12.8 Å². The van der Waals surface area contributed by atoms with Gasteiger partial charge < -0.3 is 0 Å². The van der Waals surface area contributed by atoms with Crippen molar-refractivity contribution in [3.05, 3.63) is 59.9 Å².